The first-order valence-electron chi connectivity index (χ1n) is 7.46. The van der Waals surface area contributed by atoms with Gasteiger partial charge in [0.15, 0.2) is 5.60 Å². The number of hydrogen-bond donors (Lipinski definition) is 1. The van der Waals surface area contributed by atoms with E-state index in [-0.39, 0.29) is 6.54 Å². The van der Waals surface area contributed by atoms with Gasteiger partial charge in [-0.15, -0.1) is 0 Å². The molecule has 6 heteroatoms. The van der Waals surface area contributed by atoms with Crippen LogP contribution in [0, 0.1) is 0 Å². The molecule has 0 saturated heterocycles. The molecule has 2 aromatic rings. The number of nitrogens with two attached hydrogens (primary N) is 1. The molecular weight excluding hydrogens is 319 g/mol. The van der Waals surface area contributed by atoms with Gasteiger partial charge in [0.05, 0.1) is 5.56 Å². The fourth-order valence-corrected chi connectivity index (χ4v) is 2.58. The van der Waals surface area contributed by atoms with Crippen molar-refractivity contribution in [2.24, 2.45) is 5.73 Å². The van der Waals surface area contributed by atoms with Gasteiger partial charge in [-0.1, -0.05) is 30.3 Å². The lowest BCUT2D eigenvalue weighted by Crippen LogP contribution is -2.47. The molecule has 0 aliphatic heterocycles. The summed E-state index contributed by atoms with van der Waals surface area (Å²) in [6.45, 7) is 1.91. The molecule has 2 rings (SSSR count). The summed E-state index contributed by atoms with van der Waals surface area (Å²) >= 11 is 0. The molecule has 0 radical (unpaired) electrons. The number of rotatable bonds is 6. The molecule has 130 valence electrons. The predicted molar refractivity (Wildman–Crippen MR) is 85.7 cm³/mol. The number of alkyl halides is 3. The average Bonchev–Trinajstić information content (AvgIpc) is 2.56. The summed E-state index contributed by atoms with van der Waals surface area (Å²) in [6.07, 6.45) is -4.92. The highest BCUT2D eigenvalue weighted by molar-refractivity contribution is 5.32. The molecule has 0 amide bonds. The number of para-hydroxylation sites is 1. The van der Waals surface area contributed by atoms with E-state index in [1.807, 2.05) is 18.2 Å². The minimum Gasteiger partial charge on any atom is -0.480 e. The van der Waals surface area contributed by atoms with Crippen molar-refractivity contribution in [2.75, 3.05) is 13.7 Å². The van der Waals surface area contributed by atoms with E-state index in [0.717, 1.165) is 12.1 Å². The Hall–Kier alpha value is -2.05. The fraction of sp³-hybridized carbons (Fsp3) is 0.333. The van der Waals surface area contributed by atoms with E-state index in [1.165, 1.54) is 19.2 Å². The van der Waals surface area contributed by atoms with Crippen LogP contribution < -0.4 is 10.5 Å². The SMILES string of the molecule is COC(CN)C(C)(Oc1ccccc1)c1ccc(C(F)(F)F)cc1. The maximum Gasteiger partial charge on any atom is 0.416 e. The number of hydrogen-bond acceptors (Lipinski definition) is 3. The second-order valence-corrected chi connectivity index (χ2v) is 5.56. The number of halogens is 3. The summed E-state index contributed by atoms with van der Waals surface area (Å²) < 4.78 is 49.8. The highest BCUT2D eigenvalue weighted by Crippen LogP contribution is 2.35. The normalized spacial score (nSPS) is 15.6. The van der Waals surface area contributed by atoms with Crippen LogP contribution in [0.25, 0.3) is 0 Å². The third-order valence-corrected chi connectivity index (χ3v) is 3.97. The lowest BCUT2D eigenvalue weighted by molar-refractivity contribution is -0.137. The summed E-state index contributed by atoms with van der Waals surface area (Å²) in [5.74, 6) is 0.579. The molecule has 0 bridgehead atoms. The summed E-state index contributed by atoms with van der Waals surface area (Å²) in [5, 5.41) is 0. The van der Waals surface area contributed by atoms with Gasteiger partial charge < -0.3 is 15.2 Å². The second kappa shape index (κ2) is 7.23. The molecule has 0 saturated carbocycles. The van der Waals surface area contributed by atoms with Gasteiger partial charge in [0.25, 0.3) is 0 Å². The Bertz CT molecular complexity index is 640. The van der Waals surface area contributed by atoms with Gasteiger partial charge >= 0.3 is 6.18 Å². The monoisotopic (exact) mass is 339 g/mol. The van der Waals surface area contributed by atoms with Gasteiger partial charge in [-0.05, 0) is 36.8 Å². The lowest BCUT2D eigenvalue weighted by Gasteiger charge is -2.37. The largest absolute Gasteiger partial charge is 0.480 e. The molecule has 0 aromatic heterocycles. The fourth-order valence-electron chi connectivity index (χ4n) is 2.58. The van der Waals surface area contributed by atoms with E-state index >= 15 is 0 Å². The van der Waals surface area contributed by atoms with Crippen molar-refractivity contribution in [2.45, 2.75) is 24.8 Å². The topological polar surface area (TPSA) is 44.5 Å². The van der Waals surface area contributed by atoms with Crippen LogP contribution in [0.4, 0.5) is 13.2 Å². The van der Waals surface area contributed by atoms with E-state index in [4.69, 9.17) is 15.2 Å². The molecule has 0 fully saturated rings. The van der Waals surface area contributed by atoms with Crippen LogP contribution in [-0.4, -0.2) is 19.8 Å². The standard InChI is InChI=1S/C18H20F3NO2/c1-17(16(12-22)23-2,24-15-6-4-3-5-7-15)13-8-10-14(11-9-13)18(19,20)21/h3-11,16H,12,22H2,1-2H3. The van der Waals surface area contributed by atoms with Crippen molar-refractivity contribution in [3.63, 3.8) is 0 Å². The Labute approximate surface area is 139 Å². The number of benzene rings is 2. The molecule has 2 N–H and O–H groups in total. The first-order chi connectivity index (χ1) is 11.3. The zero-order valence-electron chi connectivity index (χ0n) is 13.5. The van der Waals surface area contributed by atoms with Gasteiger partial charge in [-0.2, -0.15) is 13.2 Å². The lowest BCUT2D eigenvalue weighted by atomic mass is 9.88. The maximum absolute atomic E-state index is 12.8. The van der Waals surface area contributed by atoms with E-state index in [9.17, 15) is 13.2 Å². The molecule has 24 heavy (non-hydrogen) atoms. The predicted octanol–water partition coefficient (Wildman–Crippen LogP) is 3.97. The Morgan fingerprint density at radius 2 is 1.50 bits per heavy atom. The van der Waals surface area contributed by atoms with Crippen LogP contribution in [0.15, 0.2) is 54.6 Å². The number of ether oxygens (including phenoxy) is 2. The molecule has 0 spiro atoms. The van der Waals surface area contributed by atoms with Crippen LogP contribution in [0.3, 0.4) is 0 Å². The van der Waals surface area contributed by atoms with Crippen molar-refractivity contribution in [3.05, 3.63) is 65.7 Å². The summed E-state index contributed by atoms with van der Waals surface area (Å²) in [5.41, 5.74) is 4.58. The first-order valence-corrected chi connectivity index (χ1v) is 7.46. The van der Waals surface area contributed by atoms with Gasteiger partial charge in [0, 0.05) is 13.7 Å². The molecule has 2 atom stereocenters. The zero-order valence-corrected chi connectivity index (χ0v) is 13.5. The Morgan fingerprint density at radius 3 is 1.96 bits per heavy atom. The summed E-state index contributed by atoms with van der Waals surface area (Å²) in [7, 11) is 1.49. The van der Waals surface area contributed by atoms with Crippen LogP contribution in [0.1, 0.15) is 18.1 Å². The van der Waals surface area contributed by atoms with Crippen molar-refractivity contribution in [3.8, 4) is 5.75 Å². The Morgan fingerprint density at radius 1 is 0.958 bits per heavy atom. The van der Waals surface area contributed by atoms with Crippen molar-refractivity contribution < 1.29 is 22.6 Å². The zero-order chi connectivity index (χ0) is 17.8. The van der Waals surface area contributed by atoms with Gasteiger partial charge in [-0.25, -0.2) is 0 Å². The third-order valence-electron chi connectivity index (χ3n) is 3.97. The smallest absolute Gasteiger partial charge is 0.416 e. The van der Waals surface area contributed by atoms with Crippen molar-refractivity contribution in [1.29, 1.82) is 0 Å². The molecule has 0 heterocycles. The van der Waals surface area contributed by atoms with E-state index in [2.05, 4.69) is 0 Å². The average molecular weight is 339 g/mol. The summed E-state index contributed by atoms with van der Waals surface area (Å²) in [4.78, 5) is 0. The molecule has 0 aliphatic rings. The second-order valence-electron chi connectivity index (χ2n) is 5.56. The van der Waals surface area contributed by atoms with Gasteiger partial charge in [0.2, 0.25) is 0 Å². The molecule has 2 aromatic carbocycles. The number of methoxy groups -OCH3 is 1. The minimum absolute atomic E-state index is 0.154. The molecule has 3 nitrogen and oxygen atoms in total. The summed E-state index contributed by atoms with van der Waals surface area (Å²) in [6, 6.07) is 13.9. The van der Waals surface area contributed by atoms with Crippen LogP contribution in [0.5, 0.6) is 5.75 Å². The van der Waals surface area contributed by atoms with Crippen LogP contribution in [-0.2, 0) is 16.5 Å². The van der Waals surface area contributed by atoms with Gasteiger partial charge in [0.1, 0.15) is 11.9 Å². The minimum atomic E-state index is -4.39. The van der Waals surface area contributed by atoms with E-state index in [0.29, 0.717) is 11.3 Å². The van der Waals surface area contributed by atoms with E-state index < -0.39 is 23.4 Å². The third kappa shape index (κ3) is 3.88. The van der Waals surface area contributed by atoms with Crippen molar-refractivity contribution in [1.82, 2.24) is 0 Å². The molecule has 0 aliphatic carbocycles. The molecule has 2 unspecified atom stereocenters. The molecular formula is C18H20F3NO2. The van der Waals surface area contributed by atoms with Gasteiger partial charge in [-0.3, -0.25) is 0 Å². The maximum atomic E-state index is 12.8. The van der Waals surface area contributed by atoms with Crippen LogP contribution >= 0.6 is 0 Å². The first kappa shape index (κ1) is 18.3. The Balaban J connectivity index is 2.42. The van der Waals surface area contributed by atoms with Crippen LogP contribution in [0.2, 0.25) is 0 Å². The van der Waals surface area contributed by atoms with Crippen molar-refractivity contribution >= 4 is 0 Å². The van der Waals surface area contributed by atoms with E-state index in [1.54, 1.807) is 19.1 Å². The Kier molecular flexibility index (Phi) is 5.51. The quantitative estimate of drug-likeness (QED) is 0.866. The highest BCUT2D eigenvalue weighted by atomic mass is 19.4. The highest BCUT2D eigenvalue weighted by Gasteiger charge is 2.39.